The molecular weight excluding hydrogens is 416 g/mol. The van der Waals surface area contributed by atoms with Crippen LogP contribution in [0.15, 0.2) is 58.5 Å². The second kappa shape index (κ2) is 7.98. The molecular formula is C20H19ClN2O5S. The van der Waals surface area contributed by atoms with Gasteiger partial charge >= 0.3 is 0 Å². The smallest absolute Gasteiger partial charge is 0.277 e. The number of imide groups is 1. The number of hydrogen-bond acceptors (Lipinski definition) is 5. The Kier molecular flexibility index (Phi) is 5.79. The van der Waals surface area contributed by atoms with Gasteiger partial charge in [-0.25, -0.2) is 18.5 Å². The molecule has 0 saturated carbocycles. The van der Waals surface area contributed by atoms with Crippen LogP contribution in [0.3, 0.4) is 0 Å². The summed E-state index contributed by atoms with van der Waals surface area (Å²) in [5, 5.41) is 4.86. The van der Waals surface area contributed by atoms with Crippen molar-refractivity contribution in [2.45, 2.75) is 18.7 Å². The quantitative estimate of drug-likeness (QED) is 0.703. The first-order chi connectivity index (χ1) is 13.6. The third-order valence-electron chi connectivity index (χ3n) is 4.18. The van der Waals surface area contributed by atoms with Gasteiger partial charge in [-0.1, -0.05) is 37.6 Å². The predicted octanol–water partition coefficient (Wildman–Crippen LogP) is 2.89. The number of ether oxygens (including phenoxy) is 1. The number of hydrogen-bond donors (Lipinski definition) is 1. The van der Waals surface area contributed by atoms with Gasteiger partial charge in [0.05, 0.1) is 22.8 Å². The average Bonchev–Trinajstić information content (AvgIpc) is 2.89. The predicted molar refractivity (Wildman–Crippen MR) is 110 cm³/mol. The van der Waals surface area contributed by atoms with Gasteiger partial charge in [-0.05, 0) is 47.9 Å². The summed E-state index contributed by atoms with van der Waals surface area (Å²) in [7, 11) is -3.89. The van der Waals surface area contributed by atoms with Crippen molar-refractivity contribution in [3.63, 3.8) is 0 Å². The third kappa shape index (κ3) is 4.34. The molecule has 0 atom stereocenters. The number of anilines is 1. The van der Waals surface area contributed by atoms with Gasteiger partial charge in [0, 0.05) is 0 Å². The molecule has 0 fully saturated rings. The number of benzene rings is 2. The van der Waals surface area contributed by atoms with E-state index in [2.05, 4.69) is 0 Å². The van der Waals surface area contributed by atoms with Crippen LogP contribution in [0.5, 0.6) is 5.75 Å². The van der Waals surface area contributed by atoms with E-state index >= 15 is 0 Å². The van der Waals surface area contributed by atoms with Crippen LogP contribution in [-0.2, 0) is 19.6 Å². The summed E-state index contributed by atoms with van der Waals surface area (Å²) in [5.74, 6) is -0.268. The van der Waals surface area contributed by atoms with Gasteiger partial charge in [0.1, 0.15) is 10.8 Å². The molecule has 7 nitrogen and oxygen atoms in total. The lowest BCUT2D eigenvalue weighted by atomic mass is 10.1. The standard InChI is InChI=1S/C20H19ClN2O5S/c1-12(2)11-28-15-7-3-13(4-8-15)17-18(21)20(25)23(19(17)24)14-5-9-16(10-6-14)29(22,26)27/h3-10,12H,11H2,1-2H3,(H2,22,26,27). The SMILES string of the molecule is CC(C)COc1ccc(C2=C(Cl)C(=O)N(c3ccc(S(N)(=O)=O)cc3)C2=O)cc1. The Hall–Kier alpha value is -2.68. The van der Waals surface area contributed by atoms with Crippen molar-refractivity contribution in [1.29, 1.82) is 0 Å². The van der Waals surface area contributed by atoms with E-state index in [1.807, 2.05) is 13.8 Å². The van der Waals surface area contributed by atoms with Gasteiger partial charge < -0.3 is 4.74 Å². The van der Waals surface area contributed by atoms with Crippen LogP contribution in [0.4, 0.5) is 5.69 Å². The molecule has 9 heteroatoms. The number of halogens is 1. The highest BCUT2D eigenvalue weighted by atomic mass is 35.5. The lowest BCUT2D eigenvalue weighted by molar-refractivity contribution is -0.119. The molecule has 0 bridgehead atoms. The molecule has 29 heavy (non-hydrogen) atoms. The van der Waals surface area contributed by atoms with Crippen molar-refractivity contribution in [1.82, 2.24) is 0 Å². The fraction of sp³-hybridized carbons (Fsp3) is 0.200. The number of nitrogens with zero attached hydrogens (tertiary/aromatic N) is 1. The van der Waals surface area contributed by atoms with E-state index in [9.17, 15) is 18.0 Å². The minimum Gasteiger partial charge on any atom is -0.493 e. The maximum absolute atomic E-state index is 12.9. The molecule has 0 aliphatic carbocycles. The van der Waals surface area contributed by atoms with E-state index in [1.165, 1.54) is 24.3 Å². The Morgan fingerprint density at radius 1 is 1.00 bits per heavy atom. The molecule has 0 unspecified atom stereocenters. The average molecular weight is 435 g/mol. The van der Waals surface area contributed by atoms with Gasteiger partial charge in [-0.2, -0.15) is 0 Å². The van der Waals surface area contributed by atoms with Crippen LogP contribution in [0, 0.1) is 5.92 Å². The van der Waals surface area contributed by atoms with Crippen molar-refractivity contribution >= 4 is 44.7 Å². The molecule has 0 spiro atoms. The number of nitrogens with two attached hydrogens (primary N) is 1. The van der Waals surface area contributed by atoms with E-state index in [0.717, 1.165) is 4.90 Å². The van der Waals surface area contributed by atoms with Gasteiger partial charge in [0.15, 0.2) is 0 Å². The maximum Gasteiger partial charge on any atom is 0.277 e. The van der Waals surface area contributed by atoms with Crippen LogP contribution < -0.4 is 14.8 Å². The minimum absolute atomic E-state index is 0.0719. The highest BCUT2D eigenvalue weighted by Gasteiger charge is 2.39. The summed E-state index contributed by atoms with van der Waals surface area (Å²) in [6.07, 6.45) is 0. The number of primary sulfonamides is 1. The van der Waals surface area contributed by atoms with Gasteiger partial charge in [-0.15, -0.1) is 0 Å². The van der Waals surface area contributed by atoms with E-state index < -0.39 is 21.8 Å². The summed E-state index contributed by atoms with van der Waals surface area (Å²) in [5.41, 5.74) is 0.744. The second-order valence-electron chi connectivity index (χ2n) is 6.90. The van der Waals surface area contributed by atoms with Crippen LogP contribution in [-0.4, -0.2) is 26.8 Å². The zero-order valence-electron chi connectivity index (χ0n) is 15.8. The lowest BCUT2D eigenvalue weighted by Gasteiger charge is -2.15. The summed E-state index contributed by atoms with van der Waals surface area (Å²) < 4.78 is 28.4. The zero-order valence-corrected chi connectivity index (χ0v) is 17.3. The summed E-state index contributed by atoms with van der Waals surface area (Å²) in [6, 6.07) is 11.8. The molecule has 0 saturated heterocycles. The van der Waals surface area contributed by atoms with E-state index in [1.54, 1.807) is 24.3 Å². The molecule has 2 amide bonds. The Morgan fingerprint density at radius 3 is 2.10 bits per heavy atom. The topological polar surface area (TPSA) is 107 Å². The number of carbonyl (C=O) groups excluding carboxylic acids is 2. The Morgan fingerprint density at radius 2 is 1.59 bits per heavy atom. The van der Waals surface area contributed by atoms with Crippen LogP contribution >= 0.6 is 11.6 Å². The third-order valence-corrected chi connectivity index (χ3v) is 5.46. The first-order valence-corrected chi connectivity index (χ1v) is 10.7. The first kappa shape index (κ1) is 21.0. The van der Waals surface area contributed by atoms with Crippen molar-refractivity contribution in [3.05, 3.63) is 59.1 Å². The van der Waals surface area contributed by atoms with Gasteiger partial charge in [0.25, 0.3) is 11.8 Å². The monoisotopic (exact) mass is 434 g/mol. The Bertz CT molecular complexity index is 1090. The molecule has 3 rings (SSSR count). The van der Waals surface area contributed by atoms with Crippen LogP contribution in [0.25, 0.3) is 5.57 Å². The number of amides is 2. The van der Waals surface area contributed by atoms with Crippen molar-refractivity contribution < 1.29 is 22.7 Å². The lowest BCUT2D eigenvalue weighted by Crippen LogP contribution is -2.31. The first-order valence-electron chi connectivity index (χ1n) is 8.74. The number of carbonyl (C=O) groups is 2. The molecule has 1 aliphatic rings. The largest absolute Gasteiger partial charge is 0.493 e. The Balaban J connectivity index is 1.87. The van der Waals surface area contributed by atoms with E-state index in [0.29, 0.717) is 23.8 Å². The second-order valence-corrected chi connectivity index (χ2v) is 8.84. The molecule has 2 aromatic rings. The van der Waals surface area contributed by atoms with Crippen molar-refractivity contribution in [2.24, 2.45) is 11.1 Å². The molecule has 152 valence electrons. The Labute approximate surface area is 173 Å². The van der Waals surface area contributed by atoms with Crippen molar-refractivity contribution in [3.8, 4) is 5.75 Å². The van der Waals surface area contributed by atoms with Gasteiger partial charge in [0.2, 0.25) is 10.0 Å². The van der Waals surface area contributed by atoms with E-state index in [-0.39, 0.29) is 21.2 Å². The molecule has 1 heterocycles. The highest BCUT2D eigenvalue weighted by Crippen LogP contribution is 2.35. The molecule has 0 radical (unpaired) electrons. The maximum atomic E-state index is 12.9. The molecule has 2 aromatic carbocycles. The normalized spacial score (nSPS) is 14.9. The fourth-order valence-electron chi connectivity index (χ4n) is 2.75. The highest BCUT2D eigenvalue weighted by molar-refractivity contribution is 7.89. The van der Waals surface area contributed by atoms with Crippen LogP contribution in [0.2, 0.25) is 0 Å². The van der Waals surface area contributed by atoms with Crippen LogP contribution in [0.1, 0.15) is 19.4 Å². The minimum atomic E-state index is -3.89. The summed E-state index contributed by atoms with van der Waals surface area (Å²) >= 11 is 6.17. The summed E-state index contributed by atoms with van der Waals surface area (Å²) in [4.78, 5) is 26.2. The van der Waals surface area contributed by atoms with E-state index in [4.69, 9.17) is 21.5 Å². The molecule has 0 aromatic heterocycles. The number of rotatable bonds is 6. The van der Waals surface area contributed by atoms with Gasteiger partial charge in [-0.3, -0.25) is 9.59 Å². The number of sulfonamides is 1. The van der Waals surface area contributed by atoms with Crippen molar-refractivity contribution in [2.75, 3.05) is 11.5 Å². The molecule has 1 aliphatic heterocycles. The fourth-order valence-corrected chi connectivity index (χ4v) is 3.54. The summed E-state index contributed by atoms with van der Waals surface area (Å²) in [6.45, 7) is 4.63. The zero-order chi connectivity index (χ0) is 21.3. The molecule has 2 N–H and O–H groups in total.